The van der Waals surface area contributed by atoms with Crippen molar-refractivity contribution >= 4 is 5.69 Å². The summed E-state index contributed by atoms with van der Waals surface area (Å²) in [5, 5.41) is 10.8. The number of hydrogen-bond acceptors (Lipinski definition) is 3. The van der Waals surface area contributed by atoms with E-state index in [9.17, 15) is 8.78 Å². The molecular formula is C11H15F2N5. The van der Waals surface area contributed by atoms with Crippen molar-refractivity contribution in [3.05, 3.63) is 30.4 Å². The van der Waals surface area contributed by atoms with Crippen LogP contribution >= 0.6 is 0 Å². The van der Waals surface area contributed by atoms with Crippen LogP contribution in [0.15, 0.2) is 24.7 Å². The molecule has 0 aliphatic rings. The van der Waals surface area contributed by atoms with Crippen LogP contribution in [0.1, 0.15) is 25.6 Å². The van der Waals surface area contributed by atoms with Crippen molar-refractivity contribution in [3.8, 4) is 0 Å². The zero-order valence-electron chi connectivity index (χ0n) is 10.1. The molecule has 0 atom stereocenters. The standard InChI is InChI=1S/C11H15F2N5/c1-2-5-17-8-9(6-16-17)14-7-10-3-4-15-18(10)11(12)13/h3-4,6,8,11,14H,2,5,7H2,1H3. The van der Waals surface area contributed by atoms with Crippen molar-refractivity contribution in [1.29, 1.82) is 0 Å². The van der Waals surface area contributed by atoms with Gasteiger partial charge < -0.3 is 5.32 Å². The van der Waals surface area contributed by atoms with Crippen LogP contribution in [-0.4, -0.2) is 19.6 Å². The van der Waals surface area contributed by atoms with Crippen molar-refractivity contribution < 1.29 is 8.78 Å². The Morgan fingerprint density at radius 1 is 1.39 bits per heavy atom. The molecule has 0 amide bonds. The molecule has 2 aromatic heterocycles. The minimum Gasteiger partial charge on any atom is -0.377 e. The molecule has 0 fully saturated rings. The molecule has 0 aliphatic heterocycles. The molecule has 0 unspecified atom stereocenters. The zero-order valence-corrected chi connectivity index (χ0v) is 10.1. The number of nitrogens with zero attached hydrogens (tertiary/aromatic N) is 4. The third-order valence-corrected chi connectivity index (χ3v) is 2.50. The summed E-state index contributed by atoms with van der Waals surface area (Å²) >= 11 is 0. The molecule has 2 heterocycles. The van der Waals surface area contributed by atoms with Crippen molar-refractivity contribution in [2.75, 3.05) is 5.32 Å². The molecule has 0 bridgehead atoms. The van der Waals surface area contributed by atoms with E-state index in [4.69, 9.17) is 0 Å². The Balaban J connectivity index is 1.96. The van der Waals surface area contributed by atoms with Gasteiger partial charge in [0.1, 0.15) is 0 Å². The number of alkyl halides is 2. The normalized spacial score (nSPS) is 11.1. The van der Waals surface area contributed by atoms with Gasteiger partial charge in [0.25, 0.3) is 0 Å². The fraction of sp³-hybridized carbons (Fsp3) is 0.455. The van der Waals surface area contributed by atoms with E-state index < -0.39 is 6.55 Å². The molecule has 0 saturated carbocycles. The lowest BCUT2D eigenvalue weighted by molar-refractivity contribution is 0.0537. The Kier molecular flexibility index (Phi) is 3.91. The number of aromatic nitrogens is 4. The van der Waals surface area contributed by atoms with Crippen LogP contribution < -0.4 is 5.32 Å². The minimum atomic E-state index is -2.61. The van der Waals surface area contributed by atoms with E-state index in [1.807, 2.05) is 10.9 Å². The number of hydrogen-bond donors (Lipinski definition) is 1. The first kappa shape index (κ1) is 12.5. The molecule has 2 rings (SSSR count). The molecule has 0 radical (unpaired) electrons. The van der Waals surface area contributed by atoms with Crippen LogP contribution in [0.25, 0.3) is 0 Å². The second-order valence-electron chi connectivity index (χ2n) is 3.89. The van der Waals surface area contributed by atoms with Gasteiger partial charge in [0.2, 0.25) is 0 Å². The summed E-state index contributed by atoms with van der Waals surface area (Å²) in [5.41, 5.74) is 1.25. The van der Waals surface area contributed by atoms with Crippen LogP contribution in [0.3, 0.4) is 0 Å². The highest BCUT2D eigenvalue weighted by atomic mass is 19.3. The maximum absolute atomic E-state index is 12.5. The second kappa shape index (κ2) is 5.61. The first-order valence-electron chi connectivity index (χ1n) is 5.77. The van der Waals surface area contributed by atoms with E-state index in [1.165, 1.54) is 6.20 Å². The molecule has 0 aromatic carbocycles. The Morgan fingerprint density at radius 2 is 2.22 bits per heavy atom. The molecule has 18 heavy (non-hydrogen) atoms. The highest BCUT2D eigenvalue weighted by Gasteiger charge is 2.11. The number of anilines is 1. The largest absolute Gasteiger partial charge is 0.377 e. The molecule has 98 valence electrons. The molecule has 0 aliphatic carbocycles. The molecule has 0 spiro atoms. The van der Waals surface area contributed by atoms with Crippen molar-refractivity contribution in [2.24, 2.45) is 0 Å². The third-order valence-electron chi connectivity index (χ3n) is 2.50. The van der Waals surface area contributed by atoms with Gasteiger partial charge in [-0.25, -0.2) is 4.68 Å². The van der Waals surface area contributed by atoms with Crippen molar-refractivity contribution in [3.63, 3.8) is 0 Å². The van der Waals surface area contributed by atoms with Crippen molar-refractivity contribution in [2.45, 2.75) is 33.0 Å². The van der Waals surface area contributed by atoms with Crippen molar-refractivity contribution in [1.82, 2.24) is 19.6 Å². The average Bonchev–Trinajstić information content (AvgIpc) is 2.95. The van der Waals surface area contributed by atoms with Crippen LogP contribution in [0.4, 0.5) is 14.5 Å². The van der Waals surface area contributed by atoms with E-state index in [-0.39, 0.29) is 0 Å². The predicted octanol–water partition coefficient (Wildman–Crippen LogP) is 2.50. The highest BCUT2D eigenvalue weighted by molar-refractivity contribution is 5.38. The van der Waals surface area contributed by atoms with E-state index in [0.717, 1.165) is 18.7 Å². The van der Waals surface area contributed by atoms with E-state index >= 15 is 0 Å². The fourth-order valence-electron chi connectivity index (χ4n) is 1.66. The Morgan fingerprint density at radius 3 is 2.94 bits per heavy atom. The minimum absolute atomic E-state index is 0.294. The lowest BCUT2D eigenvalue weighted by Gasteiger charge is -2.06. The smallest absolute Gasteiger partial charge is 0.333 e. The molecule has 5 nitrogen and oxygen atoms in total. The van der Waals surface area contributed by atoms with Gasteiger partial charge in [0, 0.05) is 18.9 Å². The summed E-state index contributed by atoms with van der Waals surface area (Å²) in [5.74, 6) is 0. The quantitative estimate of drug-likeness (QED) is 0.862. The molecule has 2 aromatic rings. The summed E-state index contributed by atoms with van der Waals surface area (Å²) in [4.78, 5) is 0. The second-order valence-corrected chi connectivity index (χ2v) is 3.89. The maximum atomic E-state index is 12.5. The van der Waals surface area contributed by atoms with E-state index in [0.29, 0.717) is 16.9 Å². The van der Waals surface area contributed by atoms with Gasteiger partial charge in [-0.2, -0.15) is 19.0 Å². The van der Waals surface area contributed by atoms with Crippen LogP contribution in [-0.2, 0) is 13.1 Å². The van der Waals surface area contributed by atoms with Crippen LogP contribution in [0, 0.1) is 0 Å². The number of aryl methyl sites for hydroxylation is 1. The Labute approximate surface area is 103 Å². The first-order valence-corrected chi connectivity index (χ1v) is 5.77. The predicted molar refractivity (Wildman–Crippen MR) is 63.3 cm³/mol. The fourth-order valence-corrected chi connectivity index (χ4v) is 1.66. The average molecular weight is 255 g/mol. The number of rotatable bonds is 6. The molecule has 0 saturated heterocycles. The zero-order chi connectivity index (χ0) is 13.0. The van der Waals surface area contributed by atoms with Gasteiger partial charge in [0.15, 0.2) is 0 Å². The van der Waals surface area contributed by atoms with Crippen LogP contribution in [0.5, 0.6) is 0 Å². The maximum Gasteiger partial charge on any atom is 0.333 e. The molecule has 1 N–H and O–H groups in total. The Hall–Kier alpha value is -1.92. The summed E-state index contributed by atoms with van der Waals surface area (Å²) in [6, 6.07) is 1.57. The summed E-state index contributed by atoms with van der Waals surface area (Å²) in [6.45, 7) is 0.592. The lowest BCUT2D eigenvalue weighted by Crippen LogP contribution is -2.09. The summed E-state index contributed by atoms with van der Waals surface area (Å²) in [7, 11) is 0. The van der Waals surface area contributed by atoms with Gasteiger partial charge in [0.05, 0.1) is 24.1 Å². The van der Waals surface area contributed by atoms with Gasteiger partial charge >= 0.3 is 6.55 Å². The van der Waals surface area contributed by atoms with Gasteiger partial charge in [-0.05, 0) is 12.5 Å². The van der Waals surface area contributed by atoms with Crippen LogP contribution in [0.2, 0.25) is 0 Å². The van der Waals surface area contributed by atoms with E-state index in [1.54, 1.807) is 12.3 Å². The topological polar surface area (TPSA) is 47.7 Å². The number of nitrogens with one attached hydrogen (secondary N) is 1. The number of halogens is 2. The van der Waals surface area contributed by atoms with Gasteiger partial charge in [-0.3, -0.25) is 4.68 Å². The van der Waals surface area contributed by atoms with E-state index in [2.05, 4.69) is 22.4 Å². The highest BCUT2D eigenvalue weighted by Crippen LogP contribution is 2.14. The SMILES string of the molecule is CCCn1cc(NCc2ccnn2C(F)F)cn1. The molecule has 7 heteroatoms. The summed E-state index contributed by atoms with van der Waals surface area (Å²) < 4.78 is 27.6. The lowest BCUT2D eigenvalue weighted by atomic mass is 10.4. The first-order chi connectivity index (χ1) is 8.70. The van der Waals surface area contributed by atoms with Gasteiger partial charge in [-0.1, -0.05) is 6.92 Å². The van der Waals surface area contributed by atoms with Gasteiger partial charge in [-0.15, -0.1) is 0 Å². The molecular weight excluding hydrogens is 240 g/mol. The summed E-state index contributed by atoms with van der Waals surface area (Å²) in [6.07, 6.45) is 5.90. The third kappa shape index (κ3) is 2.85. The Bertz CT molecular complexity index is 491. The monoisotopic (exact) mass is 255 g/mol.